The molecule has 0 aromatic carbocycles. The number of esters is 2. The molecule has 0 saturated carbocycles. The van der Waals surface area contributed by atoms with Gasteiger partial charge in [0, 0.05) is 19.3 Å². The zero-order chi connectivity index (χ0) is 73.4. The van der Waals surface area contributed by atoms with Crippen LogP contribution in [0.15, 0.2) is 0 Å². The maximum Gasteiger partial charge on any atom is 0.309 e. The second-order valence-corrected chi connectivity index (χ2v) is 24.1. The first-order valence-corrected chi connectivity index (χ1v) is 31.9. The fraction of sp³-hybridized carbons (Fsp3) is 0.837. The van der Waals surface area contributed by atoms with Gasteiger partial charge in [0.25, 0.3) is 12.9 Å². The van der Waals surface area contributed by atoms with E-state index in [1.807, 2.05) is 5.32 Å². The summed E-state index contributed by atoms with van der Waals surface area (Å²) in [6, 6.07) is -4.68. The smallest absolute Gasteiger partial charge is 0.309 e. The van der Waals surface area contributed by atoms with Crippen molar-refractivity contribution >= 4 is 64.3 Å². The number of carbonyl (C=O) groups is 8. The summed E-state index contributed by atoms with van der Waals surface area (Å²) in [5.41, 5.74) is 0. The van der Waals surface area contributed by atoms with Crippen molar-refractivity contribution in [3.05, 3.63) is 0 Å². The van der Waals surface area contributed by atoms with Gasteiger partial charge in [-0.2, -0.15) is 0 Å². The van der Waals surface area contributed by atoms with E-state index in [0.717, 1.165) is 0 Å². The average Bonchev–Trinajstić information content (AvgIpc) is 0.747. The molecule has 2 amide bonds. The molecule has 0 radical (unpaired) electrons. The molecule has 16 N–H and O–H groups in total. The number of carboxylic acid groups (broad SMARTS) is 2. The third-order valence-electron chi connectivity index (χ3n) is 15.1. The number of hydrogen-bond donors (Lipinski definition) is 16. The van der Waals surface area contributed by atoms with Crippen LogP contribution in [-0.4, -0.2) is 338 Å². The summed E-state index contributed by atoms with van der Waals surface area (Å²) in [6.07, 6.45) is -62.3. The van der Waals surface area contributed by atoms with Crippen LogP contribution in [0, 0.1) is 0 Å². The Morgan fingerprint density at radius 1 is 0.541 bits per heavy atom. The van der Waals surface area contributed by atoms with Gasteiger partial charge in [0.15, 0.2) is 31.1 Å². The number of carbonyl (C=O) groups excluding carboxylic acids is 8. The molecule has 5 heterocycles. The van der Waals surface area contributed by atoms with Crippen LogP contribution in [-0.2, 0) is 118 Å². The molecule has 49 heteroatoms. The van der Waals surface area contributed by atoms with Crippen LogP contribution >= 0.6 is 15.6 Å². The summed E-state index contributed by atoms with van der Waals surface area (Å²) in [7, 11) is -13.0. The Labute approximate surface area is 549 Å². The third kappa shape index (κ3) is 22.0. The van der Waals surface area contributed by atoms with Gasteiger partial charge in [-0.05, 0) is 0 Å². The topological polar surface area (TPSA) is 755 Å². The molecule has 47 nitrogen and oxygen atoms in total. The van der Waals surface area contributed by atoms with Crippen LogP contribution in [0.4, 0.5) is 0 Å². The van der Waals surface area contributed by atoms with Crippen LogP contribution in [0.25, 0.3) is 0 Å². The van der Waals surface area contributed by atoms with Crippen LogP contribution in [0.3, 0.4) is 0 Å². The number of rotatable bonds is 38. The molecular weight excluding hydrogens is 1400 g/mol. The monoisotopic (exact) mass is 1470 g/mol. The van der Waals surface area contributed by atoms with Crippen molar-refractivity contribution in [1.82, 2.24) is 10.6 Å². The highest BCUT2D eigenvalue weighted by molar-refractivity contribution is 7.43. The number of phosphoric ester groups is 2. The quantitative estimate of drug-likeness (QED) is 0.00897. The van der Waals surface area contributed by atoms with Gasteiger partial charge in [0.05, 0.1) is 100.0 Å². The van der Waals surface area contributed by atoms with Gasteiger partial charge in [0.2, 0.25) is 23.4 Å². The Morgan fingerprint density at radius 2 is 1.06 bits per heavy atom. The standard InChI is InChI=1S/C49H78N2O45P2/c52-5-1-25(63)50-29-41(88-27(65)2-6-53)32(68)23(86-44(29)96-98(79,80)81)14-84-43-30(51-26(64)3-7-82-16-57)42(89-28(66)4-8-83-17-58)40(95-97(76,77)78)24(87-43)15-85-48(46(72)73)10-22(92-49(47(74)75)9-18(59)31(67)37(93-49)20(61)12-55)39(38(94-48)21(62)13-56)91-45-35(71)33(69)34(70)36(90-45)19(60)11-54/h16-24,29-45,52-56,59-62,67-71H,1-15H2,(H,50,63)(H,51,64)(H,72,73)(H,74,75)(H2,76,77,78)(H2,79,80,81)/p-6/t18-,19+,20-,21-,22-,23-,24-,29-,30-,31-,32-,33+,34+,35+,36-,37-,38-,39-,40-,41-,42-,43-,44-,45-,48-,49-/m1/s1. The third-order valence-corrected chi connectivity index (χ3v) is 16.1. The fourth-order valence-electron chi connectivity index (χ4n) is 10.6. The number of aliphatic hydroxyl groups excluding tert-OH is 14. The lowest BCUT2D eigenvalue weighted by molar-refractivity contribution is -0.430. The van der Waals surface area contributed by atoms with Crippen molar-refractivity contribution in [2.75, 3.05) is 59.5 Å². The minimum absolute atomic E-state index is 0.149. The van der Waals surface area contributed by atoms with Crippen LogP contribution in [0.5, 0.6) is 0 Å². The average molecular weight is 1470 g/mol. The summed E-state index contributed by atoms with van der Waals surface area (Å²) in [6.45, 7) is -11.4. The second kappa shape index (κ2) is 37.3. The van der Waals surface area contributed by atoms with Gasteiger partial charge >= 0.3 is 11.9 Å². The van der Waals surface area contributed by atoms with E-state index in [9.17, 15) is 149 Å². The number of carboxylic acids is 2. The van der Waals surface area contributed by atoms with Gasteiger partial charge in [-0.15, -0.1) is 0 Å². The minimum Gasteiger partial charge on any atom is -0.790 e. The van der Waals surface area contributed by atoms with Crippen molar-refractivity contribution < 1.29 is 219 Å². The largest absolute Gasteiger partial charge is 0.790 e. The van der Waals surface area contributed by atoms with Gasteiger partial charge in [0.1, 0.15) is 122 Å². The van der Waals surface area contributed by atoms with Gasteiger partial charge in [-0.25, -0.2) is 0 Å². The fourth-order valence-corrected chi connectivity index (χ4v) is 11.5. The number of amides is 2. The van der Waals surface area contributed by atoms with E-state index in [1.54, 1.807) is 0 Å². The highest BCUT2D eigenvalue weighted by Gasteiger charge is 2.61. The molecule has 98 heavy (non-hydrogen) atoms. The molecule has 5 saturated heterocycles. The molecule has 26 atom stereocenters. The summed E-state index contributed by atoms with van der Waals surface area (Å²) in [5.74, 6) is -18.5. The lowest BCUT2D eigenvalue weighted by Gasteiger charge is -2.54. The maximum absolute atomic E-state index is 13.9. The number of phosphoric acid groups is 2. The first-order chi connectivity index (χ1) is 46.0. The zero-order valence-electron chi connectivity index (χ0n) is 50.4. The normalized spacial score (nSPS) is 36.3. The maximum atomic E-state index is 13.9. The predicted molar refractivity (Wildman–Crippen MR) is 279 cm³/mol. The Morgan fingerprint density at radius 3 is 1.62 bits per heavy atom. The molecule has 564 valence electrons. The molecule has 0 bridgehead atoms. The molecule has 0 unspecified atom stereocenters. The van der Waals surface area contributed by atoms with E-state index in [1.165, 1.54) is 0 Å². The van der Waals surface area contributed by atoms with E-state index in [0.29, 0.717) is 0 Å². The number of nitrogens with one attached hydrogen (secondary N) is 2. The van der Waals surface area contributed by atoms with Crippen molar-refractivity contribution in [3.63, 3.8) is 0 Å². The van der Waals surface area contributed by atoms with Crippen LogP contribution in [0.2, 0.25) is 0 Å². The van der Waals surface area contributed by atoms with Crippen LogP contribution in [0.1, 0.15) is 38.5 Å². The number of aliphatic carboxylic acids is 2. The van der Waals surface area contributed by atoms with Crippen LogP contribution < -0.4 is 40.4 Å². The van der Waals surface area contributed by atoms with E-state index in [-0.39, 0.29) is 12.9 Å². The lowest BCUT2D eigenvalue weighted by Crippen LogP contribution is -2.72. The number of hydrogen-bond acceptors (Lipinski definition) is 45. The minimum atomic E-state index is -6.69. The zero-order valence-corrected chi connectivity index (χ0v) is 52.2. The summed E-state index contributed by atoms with van der Waals surface area (Å²) in [4.78, 5) is 152. The van der Waals surface area contributed by atoms with Crippen molar-refractivity contribution in [3.8, 4) is 0 Å². The SMILES string of the molecule is O=COCCC(=O)N[C@H]1[C@H](OC[C@H]2O[C@H](OP(=O)([O-])[O-])[C@H](NC(=O)CCO)[C@@H](OC(=O)CCO)[C@@H]2O)O[C@H](CO[C@]2(C(=O)[O-])C[C@@H](O[C@]3(C(=O)[O-])C[C@@H](O)[C@@H](O)[C@@H]([C@H](O)CO)O3)[C@@H](O[C@H]3O[C@H]([C@@H](O)CO)[C@@H](O)[C@H](O)[C@@H]3O)[C@@H]([C@H](O)CO)O2)[C@@H](OP(=O)([O-])[O-])[C@@H]1OC(=O)CCOC=O. The Balaban J connectivity index is 1.73. The number of ether oxygens (including phenoxy) is 13. The van der Waals surface area contributed by atoms with E-state index in [2.05, 4.69) is 19.3 Å². The van der Waals surface area contributed by atoms with Crippen molar-refractivity contribution in [2.45, 2.75) is 197 Å². The highest BCUT2D eigenvalue weighted by atomic mass is 31.2. The summed E-state index contributed by atoms with van der Waals surface area (Å²) < 4.78 is 105. The summed E-state index contributed by atoms with van der Waals surface area (Å²) in [5, 5.41) is 179. The lowest BCUT2D eigenvalue weighted by atomic mass is 9.89. The summed E-state index contributed by atoms with van der Waals surface area (Å²) >= 11 is 0. The molecule has 0 aliphatic carbocycles. The Bertz CT molecular complexity index is 2730. The van der Waals surface area contributed by atoms with Gasteiger partial charge in [-0.3, -0.25) is 28.8 Å². The molecule has 0 aromatic rings. The molecule has 0 aromatic heterocycles. The molecule has 0 spiro atoms. The first kappa shape index (κ1) is 83.7. The first-order valence-electron chi connectivity index (χ1n) is 29.0. The van der Waals surface area contributed by atoms with Crippen molar-refractivity contribution in [1.29, 1.82) is 0 Å². The predicted octanol–water partition coefficient (Wildman–Crippen LogP) is -18.6. The molecular formula is C49H72N2O45P2-6. The van der Waals surface area contributed by atoms with Gasteiger partial charge < -0.3 is 201 Å². The molecule has 5 fully saturated rings. The van der Waals surface area contributed by atoms with Crippen molar-refractivity contribution in [2.24, 2.45) is 0 Å². The van der Waals surface area contributed by atoms with Gasteiger partial charge in [-0.1, -0.05) is 0 Å². The highest BCUT2D eigenvalue weighted by Crippen LogP contribution is 2.44. The van der Waals surface area contributed by atoms with E-state index in [4.69, 9.17) is 56.6 Å². The molecule has 5 rings (SSSR count). The number of aliphatic hydroxyl groups is 14. The molecule has 5 aliphatic heterocycles. The Kier molecular flexibility index (Phi) is 31.9. The Hall–Kier alpha value is -4.94. The van der Waals surface area contributed by atoms with E-state index >= 15 is 0 Å². The molecule has 5 aliphatic rings. The van der Waals surface area contributed by atoms with E-state index < -0.39 is 308 Å². The second-order valence-electron chi connectivity index (χ2n) is 21.9.